The van der Waals surface area contributed by atoms with Crippen LogP contribution in [0.2, 0.25) is 0 Å². The minimum absolute atomic E-state index is 0.197. The lowest BCUT2D eigenvalue weighted by Gasteiger charge is -1.99. The van der Waals surface area contributed by atoms with Crippen molar-refractivity contribution in [2.75, 3.05) is 0 Å². The maximum absolute atomic E-state index is 11.6. The molecule has 0 aromatic carbocycles. The molecule has 2 aromatic heterocycles. The van der Waals surface area contributed by atoms with Crippen LogP contribution in [0.5, 0.6) is 0 Å². The van der Waals surface area contributed by atoms with E-state index in [9.17, 15) is 4.79 Å². The Morgan fingerprint density at radius 3 is 3.06 bits per heavy atom. The summed E-state index contributed by atoms with van der Waals surface area (Å²) in [5.74, 6) is 0.874. The Morgan fingerprint density at radius 1 is 1.44 bits per heavy atom. The van der Waals surface area contributed by atoms with E-state index in [1.54, 1.807) is 6.20 Å². The van der Waals surface area contributed by atoms with E-state index < -0.39 is 0 Å². The number of aromatic nitrogens is 3. The van der Waals surface area contributed by atoms with Crippen LogP contribution < -0.4 is 0 Å². The molecule has 5 nitrogen and oxygen atoms in total. The van der Waals surface area contributed by atoms with Crippen molar-refractivity contribution in [3.63, 3.8) is 0 Å². The first kappa shape index (κ1) is 11.1. The first-order chi connectivity index (χ1) is 8.75. The molecule has 0 N–H and O–H groups in total. The quantitative estimate of drug-likeness (QED) is 0.809. The van der Waals surface area contributed by atoms with Gasteiger partial charge < -0.3 is 4.52 Å². The van der Waals surface area contributed by atoms with Crippen LogP contribution in [-0.2, 0) is 4.79 Å². The molecule has 0 spiro atoms. The largest absolute Gasteiger partial charge is 0.338 e. The number of carbonyl (C=O) groups is 1. The van der Waals surface area contributed by atoms with Gasteiger partial charge in [-0.15, -0.1) is 0 Å². The molecule has 0 amide bonds. The maximum Gasteiger partial charge on any atom is 0.237 e. The van der Waals surface area contributed by atoms with Crippen molar-refractivity contribution >= 4 is 5.78 Å². The molecule has 0 bridgehead atoms. The first-order valence-electron chi connectivity index (χ1n) is 6.04. The zero-order chi connectivity index (χ0) is 12.5. The minimum atomic E-state index is -0.213. The highest BCUT2D eigenvalue weighted by molar-refractivity contribution is 5.86. The summed E-state index contributed by atoms with van der Waals surface area (Å²) < 4.78 is 5.21. The Kier molecular flexibility index (Phi) is 2.66. The second-order valence-corrected chi connectivity index (χ2v) is 4.54. The Hall–Kier alpha value is -2.04. The van der Waals surface area contributed by atoms with Crippen LogP contribution in [0, 0.1) is 6.92 Å². The van der Waals surface area contributed by atoms with Crippen molar-refractivity contribution in [2.24, 2.45) is 0 Å². The average Bonchev–Trinajstić information content (AvgIpc) is 2.98. The number of pyridine rings is 1. The summed E-state index contributed by atoms with van der Waals surface area (Å²) in [5.41, 5.74) is 1.69. The van der Waals surface area contributed by atoms with Gasteiger partial charge >= 0.3 is 0 Å². The van der Waals surface area contributed by atoms with E-state index in [-0.39, 0.29) is 11.7 Å². The van der Waals surface area contributed by atoms with Crippen LogP contribution in [0.4, 0.5) is 0 Å². The van der Waals surface area contributed by atoms with Crippen molar-refractivity contribution in [3.8, 4) is 11.5 Å². The van der Waals surface area contributed by atoms with E-state index in [4.69, 9.17) is 4.52 Å². The minimum Gasteiger partial charge on any atom is -0.338 e. The molecular weight excluding hydrogens is 230 g/mol. The lowest BCUT2D eigenvalue weighted by atomic mass is 10.1. The van der Waals surface area contributed by atoms with Crippen LogP contribution in [0.1, 0.15) is 36.6 Å². The van der Waals surface area contributed by atoms with Gasteiger partial charge in [-0.1, -0.05) is 11.2 Å². The maximum atomic E-state index is 11.6. The summed E-state index contributed by atoms with van der Waals surface area (Å²) in [6.45, 7) is 1.94. The predicted molar refractivity (Wildman–Crippen MR) is 63.9 cm³/mol. The van der Waals surface area contributed by atoms with E-state index >= 15 is 0 Å². The lowest BCUT2D eigenvalue weighted by molar-refractivity contribution is -0.119. The lowest BCUT2D eigenvalue weighted by Crippen LogP contribution is -2.04. The molecule has 1 fully saturated rings. The van der Waals surface area contributed by atoms with E-state index in [2.05, 4.69) is 15.1 Å². The molecule has 1 unspecified atom stereocenters. The SMILES string of the molecule is Cc1cccnc1-c1noc(C2CCCC2=O)n1. The molecule has 0 aliphatic heterocycles. The van der Waals surface area contributed by atoms with Crippen LogP contribution in [0.3, 0.4) is 0 Å². The van der Waals surface area contributed by atoms with Crippen molar-refractivity contribution in [1.82, 2.24) is 15.1 Å². The topological polar surface area (TPSA) is 68.9 Å². The van der Waals surface area contributed by atoms with Crippen LogP contribution in [-0.4, -0.2) is 20.9 Å². The Labute approximate surface area is 104 Å². The van der Waals surface area contributed by atoms with Crippen LogP contribution >= 0.6 is 0 Å². The monoisotopic (exact) mass is 243 g/mol. The Morgan fingerprint density at radius 2 is 2.33 bits per heavy atom. The van der Waals surface area contributed by atoms with Gasteiger partial charge in [0.1, 0.15) is 11.5 Å². The van der Waals surface area contributed by atoms with Gasteiger partial charge in [0.05, 0.1) is 5.92 Å². The van der Waals surface area contributed by atoms with E-state index in [1.165, 1.54) is 0 Å². The van der Waals surface area contributed by atoms with Gasteiger partial charge in [-0.3, -0.25) is 9.78 Å². The molecule has 2 aromatic rings. The summed E-state index contributed by atoms with van der Waals surface area (Å²) >= 11 is 0. The second-order valence-electron chi connectivity index (χ2n) is 4.54. The Bertz CT molecular complexity index is 591. The number of carbonyl (C=O) groups excluding carboxylic acids is 1. The average molecular weight is 243 g/mol. The fourth-order valence-electron chi connectivity index (χ4n) is 2.27. The van der Waals surface area contributed by atoms with E-state index in [1.807, 2.05) is 19.1 Å². The van der Waals surface area contributed by atoms with Gasteiger partial charge in [0.15, 0.2) is 0 Å². The molecule has 0 radical (unpaired) electrons. The van der Waals surface area contributed by atoms with Crippen LogP contribution in [0.15, 0.2) is 22.9 Å². The summed E-state index contributed by atoms with van der Waals surface area (Å²) in [4.78, 5) is 20.2. The molecular formula is C13H13N3O2. The summed E-state index contributed by atoms with van der Waals surface area (Å²) in [5, 5.41) is 3.93. The Balaban J connectivity index is 1.95. The fraction of sp³-hybridized carbons (Fsp3) is 0.385. The third-order valence-corrected chi connectivity index (χ3v) is 3.27. The van der Waals surface area contributed by atoms with Gasteiger partial charge in [-0.05, 0) is 31.4 Å². The normalized spacial score (nSPS) is 19.4. The third kappa shape index (κ3) is 1.81. The van der Waals surface area contributed by atoms with Gasteiger partial charge in [0.25, 0.3) is 0 Å². The van der Waals surface area contributed by atoms with Gasteiger partial charge in [-0.2, -0.15) is 4.98 Å². The third-order valence-electron chi connectivity index (χ3n) is 3.27. The number of hydrogen-bond donors (Lipinski definition) is 0. The van der Waals surface area contributed by atoms with Gasteiger partial charge in [0.2, 0.25) is 11.7 Å². The van der Waals surface area contributed by atoms with Crippen LogP contribution in [0.25, 0.3) is 11.5 Å². The number of aryl methyl sites for hydroxylation is 1. The highest BCUT2D eigenvalue weighted by Crippen LogP contribution is 2.31. The van der Waals surface area contributed by atoms with Crippen molar-refractivity contribution in [1.29, 1.82) is 0 Å². The molecule has 92 valence electrons. The number of nitrogens with zero attached hydrogens (tertiary/aromatic N) is 3. The van der Waals surface area contributed by atoms with E-state index in [0.29, 0.717) is 23.8 Å². The number of ketones is 1. The predicted octanol–water partition coefficient (Wildman–Crippen LogP) is 2.28. The molecule has 1 saturated carbocycles. The highest BCUT2D eigenvalue weighted by atomic mass is 16.5. The van der Waals surface area contributed by atoms with Gasteiger partial charge in [0, 0.05) is 12.6 Å². The molecule has 0 saturated heterocycles. The zero-order valence-corrected chi connectivity index (χ0v) is 10.1. The van der Waals surface area contributed by atoms with Gasteiger partial charge in [-0.25, -0.2) is 0 Å². The fourth-order valence-corrected chi connectivity index (χ4v) is 2.27. The van der Waals surface area contributed by atoms with E-state index in [0.717, 1.165) is 18.4 Å². The molecule has 18 heavy (non-hydrogen) atoms. The second kappa shape index (κ2) is 4.33. The molecule has 1 aliphatic carbocycles. The summed E-state index contributed by atoms with van der Waals surface area (Å²) in [7, 11) is 0. The zero-order valence-electron chi connectivity index (χ0n) is 10.1. The molecule has 1 atom stereocenters. The summed E-state index contributed by atoms with van der Waals surface area (Å²) in [6, 6.07) is 3.80. The molecule has 2 heterocycles. The number of hydrogen-bond acceptors (Lipinski definition) is 5. The molecule has 3 rings (SSSR count). The van der Waals surface area contributed by atoms with Crippen molar-refractivity contribution in [3.05, 3.63) is 29.8 Å². The summed E-state index contributed by atoms with van der Waals surface area (Å²) in [6.07, 6.45) is 4.02. The number of rotatable bonds is 2. The van der Waals surface area contributed by atoms with Crippen molar-refractivity contribution < 1.29 is 9.32 Å². The standard InChI is InChI=1S/C13H13N3O2/c1-8-4-3-7-14-11(8)12-15-13(18-16-12)9-5-2-6-10(9)17/h3-4,7,9H,2,5-6H2,1H3. The smallest absolute Gasteiger partial charge is 0.237 e. The molecule has 5 heteroatoms. The molecule has 1 aliphatic rings. The van der Waals surface area contributed by atoms with Crippen molar-refractivity contribution in [2.45, 2.75) is 32.1 Å². The highest BCUT2D eigenvalue weighted by Gasteiger charge is 2.31. The number of Topliss-reactive ketones (excluding diaryl/α,β-unsaturated/α-hetero) is 1. The first-order valence-corrected chi connectivity index (χ1v) is 6.04.